The van der Waals surface area contributed by atoms with E-state index in [-0.39, 0.29) is 11.9 Å². The van der Waals surface area contributed by atoms with Gasteiger partial charge in [0.25, 0.3) is 5.91 Å². The SMILES string of the molecule is CCC(NC(=O)C(C)Oc1cccc(Cl)c1)c1ccccc1. The van der Waals surface area contributed by atoms with Crippen molar-refractivity contribution in [1.29, 1.82) is 0 Å². The highest BCUT2D eigenvalue weighted by molar-refractivity contribution is 6.30. The number of hydrogen-bond donors (Lipinski definition) is 1. The molecule has 0 saturated heterocycles. The molecule has 0 aromatic heterocycles. The molecule has 0 aliphatic rings. The summed E-state index contributed by atoms with van der Waals surface area (Å²) in [6.07, 6.45) is 0.232. The maximum Gasteiger partial charge on any atom is 0.261 e. The van der Waals surface area contributed by atoms with E-state index in [9.17, 15) is 4.79 Å². The summed E-state index contributed by atoms with van der Waals surface area (Å²) >= 11 is 5.91. The predicted octanol–water partition coefficient (Wildman–Crippen LogP) is 4.37. The van der Waals surface area contributed by atoms with Crippen LogP contribution in [0.4, 0.5) is 0 Å². The quantitative estimate of drug-likeness (QED) is 0.859. The minimum absolute atomic E-state index is 0.0147. The highest BCUT2D eigenvalue weighted by atomic mass is 35.5. The number of carbonyl (C=O) groups excluding carboxylic acids is 1. The van der Waals surface area contributed by atoms with Gasteiger partial charge in [0.2, 0.25) is 0 Å². The Kier molecular flexibility index (Phi) is 5.84. The van der Waals surface area contributed by atoms with Crippen LogP contribution in [0.1, 0.15) is 31.9 Å². The van der Waals surface area contributed by atoms with Gasteiger partial charge in [-0.1, -0.05) is 54.9 Å². The summed E-state index contributed by atoms with van der Waals surface area (Å²) in [5, 5.41) is 3.60. The third-order valence-corrected chi connectivity index (χ3v) is 3.64. The van der Waals surface area contributed by atoms with Gasteiger partial charge in [0.1, 0.15) is 5.75 Å². The Balaban J connectivity index is 1.98. The van der Waals surface area contributed by atoms with Crippen molar-refractivity contribution in [3.63, 3.8) is 0 Å². The summed E-state index contributed by atoms with van der Waals surface area (Å²) in [7, 11) is 0. The first kappa shape index (κ1) is 16.4. The topological polar surface area (TPSA) is 38.3 Å². The van der Waals surface area contributed by atoms with Crippen LogP contribution in [0.3, 0.4) is 0 Å². The molecule has 0 radical (unpaired) electrons. The van der Waals surface area contributed by atoms with Crippen LogP contribution in [0.2, 0.25) is 5.02 Å². The number of rotatable bonds is 6. The summed E-state index contributed by atoms with van der Waals surface area (Å²) in [6, 6.07) is 16.9. The van der Waals surface area contributed by atoms with E-state index in [1.54, 1.807) is 31.2 Å². The van der Waals surface area contributed by atoms with Crippen molar-refractivity contribution in [2.45, 2.75) is 32.4 Å². The van der Waals surface area contributed by atoms with Crippen molar-refractivity contribution in [3.05, 3.63) is 65.2 Å². The molecular formula is C18H20ClNO2. The Hall–Kier alpha value is -2.00. The largest absolute Gasteiger partial charge is 0.481 e. The lowest BCUT2D eigenvalue weighted by Gasteiger charge is -2.21. The lowest BCUT2D eigenvalue weighted by molar-refractivity contribution is -0.128. The Bertz CT molecular complexity index is 615. The van der Waals surface area contributed by atoms with Crippen molar-refractivity contribution >= 4 is 17.5 Å². The van der Waals surface area contributed by atoms with Crippen molar-refractivity contribution < 1.29 is 9.53 Å². The predicted molar refractivity (Wildman–Crippen MR) is 89.2 cm³/mol. The molecule has 0 spiro atoms. The highest BCUT2D eigenvalue weighted by Crippen LogP contribution is 2.19. The zero-order valence-corrected chi connectivity index (χ0v) is 13.5. The number of carbonyl (C=O) groups is 1. The maximum atomic E-state index is 12.3. The van der Waals surface area contributed by atoms with Gasteiger partial charge in [0.15, 0.2) is 6.10 Å². The fourth-order valence-corrected chi connectivity index (χ4v) is 2.37. The molecule has 116 valence electrons. The second-order valence-electron chi connectivity index (χ2n) is 5.10. The van der Waals surface area contributed by atoms with Crippen LogP contribution in [-0.4, -0.2) is 12.0 Å². The lowest BCUT2D eigenvalue weighted by atomic mass is 10.0. The van der Waals surface area contributed by atoms with Gasteiger partial charge < -0.3 is 10.1 Å². The van der Waals surface area contributed by atoms with Gasteiger partial charge in [0.05, 0.1) is 6.04 Å². The van der Waals surface area contributed by atoms with E-state index in [4.69, 9.17) is 16.3 Å². The summed E-state index contributed by atoms with van der Waals surface area (Å²) in [6.45, 7) is 3.77. The Morgan fingerprint density at radius 1 is 1.18 bits per heavy atom. The molecule has 0 bridgehead atoms. The van der Waals surface area contributed by atoms with Crippen molar-refractivity contribution in [1.82, 2.24) is 5.32 Å². The second-order valence-corrected chi connectivity index (χ2v) is 5.53. The molecule has 1 N–H and O–H groups in total. The van der Waals surface area contributed by atoms with Gasteiger partial charge in [-0.3, -0.25) is 4.79 Å². The van der Waals surface area contributed by atoms with Crippen molar-refractivity contribution in [2.75, 3.05) is 0 Å². The molecule has 2 unspecified atom stereocenters. The second kappa shape index (κ2) is 7.85. The minimum Gasteiger partial charge on any atom is -0.481 e. The number of hydrogen-bond acceptors (Lipinski definition) is 2. The van der Waals surface area contributed by atoms with Gasteiger partial charge in [-0.2, -0.15) is 0 Å². The number of benzene rings is 2. The first-order chi connectivity index (χ1) is 10.6. The molecule has 2 atom stereocenters. The fourth-order valence-electron chi connectivity index (χ4n) is 2.19. The van der Waals surface area contributed by atoms with Crippen molar-refractivity contribution in [2.24, 2.45) is 0 Å². The zero-order valence-electron chi connectivity index (χ0n) is 12.8. The molecule has 22 heavy (non-hydrogen) atoms. The highest BCUT2D eigenvalue weighted by Gasteiger charge is 2.19. The van der Waals surface area contributed by atoms with E-state index in [1.165, 1.54) is 0 Å². The monoisotopic (exact) mass is 317 g/mol. The average Bonchev–Trinajstić information content (AvgIpc) is 2.53. The van der Waals surface area contributed by atoms with E-state index in [0.717, 1.165) is 12.0 Å². The Morgan fingerprint density at radius 3 is 2.55 bits per heavy atom. The standard InChI is InChI=1S/C18H20ClNO2/c1-3-17(14-8-5-4-6-9-14)20-18(21)13(2)22-16-11-7-10-15(19)12-16/h4-13,17H,3H2,1-2H3,(H,20,21). The molecule has 1 amide bonds. The van der Waals surface area contributed by atoms with E-state index < -0.39 is 6.10 Å². The van der Waals surface area contributed by atoms with Gasteiger partial charge in [0, 0.05) is 5.02 Å². The summed E-state index contributed by atoms with van der Waals surface area (Å²) in [4.78, 5) is 12.3. The van der Waals surface area contributed by atoms with Crippen LogP contribution in [0.5, 0.6) is 5.75 Å². The fraction of sp³-hybridized carbons (Fsp3) is 0.278. The van der Waals surface area contributed by atoms with Crippen LogP contribution >= 0.6 is 11.6 Å². The molecule has 2 rings (SSSR count). The molecular weight excluding hydrogens is 298 g/mol. The molecule has 0 aliphatic carbocycles. The van der Waals surface area contributed by atoms with E-state index in [1.807, 2.05) is 37.3 Å². The van der Waals surface area contributed by atoms with Gasteiger partial charge in [-0.25, -0.2) is 0 Å². The normalized spacial score (nSPS) is 13.2. The summed E-state index contributed by atoms with van der Waals surface area (Å²) < 4.78 is 5.64. The van der Waals surface area contributed by atoms with Gasteiger partial charge in [-0.15, -0.1) is 0 Å². The third-order valence-electron chi connectivity index (χ3n) is 3.40. The van der Waals surface area contributed by atoms with Crippen LogP contribution in [0.25, 0.3) is 0 Å². The lowest BCUT2D eigenvalue weighted by Crippen LogP contribution is -2.38. The average molecular weight is 318 g/mol. The molecule has 2 aromatic rings. The van der Waals surface area contributed by atoms with E-state index in [0.29, 0.717) is 10.8 Å². The summed E-state index contributed by atoms with van der Waals surface area (Å²) in [5.41, 5.74) is 1.09. The number of ether oxygens (including phenoxy) is 1. The van der Waals surface area contributed by atoms with Crippen LogP contribution in [0, 0.1) is 0 Å². The Labute approximate surface area is 136 Å². The molecule has 0 aliphatic heterocycles. The molecule has 0 heterocycles. The van der Waals surface area contributed by atoms with E-state index in [2.05, 4.69) is 5.32 Å². The molecule has 0 saturated carbocycles. The number of halogens is 1. The van der Waals surface area contributed by atoms with E-state index >= 15 is 0 Å². The maximum absolute atomic E-state index is 12.3. The van der Waals surface area contributed by atoms with Crippen molar-refractivity contribution in [3.8, 4) is 5.75 Å². The molecule has 0 fully saturated rings. The number of nitrogens with one attached hydrogen (secondary N) is 1. The van der Waals surface area contributed by atoms with Gasteiger partial charge >= 0.3 is 0 Å². The van der Waals surface area contributed by atoms with Crippen LogP contribution in [-0.2, 0) is 4.79 Å². The zero-order chi connectivity index (χ0) is 15.9. The molecule has 3 nitrogen and oxygen atoms in total. The molecule has 2 aromatic carbocycles. The Morgan fingerprint density at radius 2 is 1.91 bits per heavy atom. The van der Waals surface area contributed by atoms with Gasteiger partial charge in [-0.05, 0) is 37.1 Å². The smallest absolute Gasteiger partial charge is 0.261 e. The minimum atomic E-state index is -0.587. The third kappa shape index (κ3) is 4.50. The number of amides is 1. The first-order valence-corrected chi connectivity index (χ1v) is 7.75. The molecule has 4 heteroatoms. The first-order valence-electron chi connectivity index (χ1n) is 7.37. The van der Waals surface area contributed by atoms with Crippen LogP contribution in [0.15, 0.2) is 54.6 Å². The van der Waals surface area contributed by atoms with Crippen LogP contribution < -0.4 is 10.1 Å². The summed E-state index contributed by atoms with van der Waals surface area (Å²) in [5.74, 6) is 0.443.